The summed E-state index contributed by atoms with van der Waals surface area (Å²) < 4.78 is 6.48. The molecule has 224 valence electrons. The van der Waals surface area contributed by atoms with Gasteiger partial charge in [-0.3, -0.25) is 23.7 Å². The van der Waals surface area contributed by atoms with Gasteiger partial charge in [0, 0.05) is 36.3 Å². The molecule has 2 aliphatic rings. The SMILES string of the molecule is CCCCc1nc(C)c(CC(=O)N2CC3CCCCC3C2)c(=O)n1Cc1ccc(-c2ccccc2-c2noc(=O)[nH]2)cc1. The third kappa shape index (κ3) is 6.12. The Bertz CT molecular complexity index is 1700. The number of hydrogen-bond donors (Lipinski definition) is 1. The third-order valence-electron chi connectivity index (χ3n) is 9.19. The Morgan fingerprint density at radius 3 is 2.35 bits per heavy atom. The first kappa shape index (κ1) is 28.8. The smallest absolute Gasteiger partial charge is 0.342 e. The van der Waals surface area contributed by atoms with Crippen LogP contribution in [0.3, 0.4) is 0 Å². The normalized spacial score (nSPS) is 18.1. The van der Waals surface area contributed by atoms with Crippen LogP contribution < -0.4 is 11.3 Å². The van der Waals surface area contributed by atoms with Crippen LogP contribution in [0.4, 0.5) is 0 Å². The fourth-order valence-electron chi connectivity index (χ4n) is 6.78. The molecule has 0 spiro atoms. The summed E-state index contributed by atoms with van der Waals surface area (Å²) in [5.41, 5.74) is 4.62. The van der Waals surface area contributed by atoms with Crippen LogP contribution in [0, 0.1) is 18.8 Å². The molecule has 4 aromatic rings. The van der Waals surface area contributed by atoms with Crippen LogP contribution in [-0.4, -0.2) is 43.6 Å². The molecular weight excluding hydrogens is 542 g/mol. The van der Waals surface area contributed by atoms with Gasteiger partial charge in [0.1, 0.15) is 5.82 Å². The molecule has 1 N–H and O–H groups in total. The lowest BCUT2D eigenvalue weighted by molar-refractivity contribution is -0.129. The van der Waals surface area contributed by atoms with Crippen molar-refractivity contribution in [2.24, 2.45) is 11.8 Å². The third-order valence-corrected chi connectivity index (χ3v) is 9.19. The van der Waals surface area contributed by atoms with Crippen LogP contribution in [0.5, 0.6) is 0 Å². The summed E-state index contributed by atoms with van der Waals surface area (Å²) in [6, 6.07) is 15.7. The summed E-state index contributed by atoms with van der Waals surface area (Å²) in [7, 11) is 0. The second-order valence-electron chi connectivity index (χ2n) is 12.1. The molecule has 1 saturated carbocycles. The van der Waals surface area contributed by atoms with Gasteiger partial charge in [-0.2, -0.15) is 0 Å². The number of likely N-dealkylation sites (tertiary alicyclic amines) is 1. The van der Waals surface area contributed by atoms with Crippen molar-refractivity contribution in [1.29, 1.82) is 0 Å². The molecule has 1 aliphatic carbocycles. The molecule has 9 nitrogen and oxygen atoms in total. The number of aryl methyl sites for hydroxylation is 2. The first-order valence-electron chi connectivity index (χ1n) is 15.5. The van der Waals surface area contributed by atoms with E-state index >= 15 is 0 Å². The Balaban J connectivity index is 1.26. The topological polar surface area (TPSA) is 114 Å². The molecule has 1 saturated heterocycles. The molecule has 43 heavy (non-hydrogen) atoms. The van der Waals surface area contributed by atoms with Crippen molar-refractivity contribution in [3.63, 3.8) is 0 Å². The van der Waals surface area contributed by atoms with E-state index in [1.807, 2.05) is 60.4 Å². The second-order valence-corrected chi connectivity index (χ2v) is 12.1. The van der Waals surface area contributed by atoms with E-state index in [9.17, 15) is 14.4 Å². The van der Waals surface area contributed by atoms with Gasteiger partial charge in [0.15, 0.2) is 5.82 Å². The van der Waals surface area contributed by atoms with Crippen molar-refractivity contribution in [2.75, 3.05) is 13.1 Å². The molecule has 1 amide bonds. The predicted octanol–water partition coefficient (Wildman–Crippen LogP) is 5.14. The minimum absolute atomic E-state index is 0.0423. The highest BCUT2D eigenvalue weighted by Gasteiger charge is 2.36. The summed E-state index contributed by atoms with van der Waals surface area (Å²) >= 11 is 0. The van der Waals surface area contributed by atoms with E-state index < -0.39 is 5.76 Å². The Morgan fingerprint density at radius 2 is 1.70 bits per heavy atom. The fraction of sp³-hybridized carbons (Fsp3) is 0.441. The van der Waals surface area contributed by atoms with Crippen molar-refractivity contribution in [1.82, 2.24) is 24.6 Å². The molecule has 2 atom stereocenters. The highest BCUT2D eigenvalue weighted by atomic mass is 16.5. The molecular formula is C34H39N5O4. The summed E-state index contributed by atoms with van der Waals surface area (Å²) in [5, 5.41) is 3.85. The molecule has 2 fully saturated rings. The Labute approximate surface area is 251 Å². The second kappa shape index (κ2) is 12.5. The lowest BCUT2D eigenvalue weighted by atomic mass is 9.82. The number of aromatic nitrogens is 4. The number of fused-ring (bicyclic) bond motifs is 1. The van der Waals surface area contributed by atoms with Gasteiger partial charge in [0.2, 0.25) is 5.91 Å². The zero-order valence-electron chi connectivity index (χ0n) is 25.0. The fourth-order valence-corrected chi connectivity index (χ4v) is 6.78. The van der Waals surface area contributed by atoms with E-state index in [0.717, 1.165) is 54.0 Å². The van der Waals surface area contributed by atoms with Gasteiger partial charge in [-0.1, -0.05) is 79.9 Å². The lowest BCUT2D eigenvalue weighted by Gasteiger charge is -2.22. The highest BCUT2D eigenvalue weighted by Crippen LogP contribution is 2.36. The Kier molecular flexibility index (Phi) is 8.40. The van der Waals surface area contributed by atoms with Crippen LogP contribution in [0.2, 0.25) is 0 Å². The van der Waals surface area contributed by atoms with Crippen molar-refractivity contribution in [3.8, 4) is 22.5 Å². The molecule has 2 unspecified atom stereocenters. The van der Waals surface area contributed by atoms with Crippen LogP contribution >= 0.6 is 0 Å². The van der Waals surface area contributed by atoms with E-state index in [2.05, 4.69) is 17.1 Å². The zero-order valence-corrected chi connectivity index (χ0v) is 25.0. The monoisotopic (exact) mass is 581 g/mol. The Morgan fingerprint density at radius 1 is 1.00 bits per heavy atom. The number of rotatable bonds is 9. The van der Waals surface area contributed by atoms with Crippen molar-refractivity contribution in [3.05, 3.63) is 92.1 Å². The van der Waals surface area contributed by atoms with E-state index in [1.54, 1.807) is 4.57 Å². The minimum Gasteiger partial charge on any atom is -0.342 e. The molecule has 6 rings (SSSR count). The molecule has 9 heteroatoms. The van der Waals surface area contributed by atoms with Gasteiger partial charge in [-0.05, 0) is 54.7 Å². The van der Waals surface area contributed by atoms with Crippen molar-refractivity contribution in [2.45, 2.75) is 71.8 Å². The maximum absolute atomic E-state index is 14.0. The van der Waals surface area contributed by atoms with Crippen LogP contribution in [0.1, 0.15) is 68.1 Å². The largest absolute Gasteiger partial charge is 0.439 e. The highest BCUT2D eigenvalue weighted by molar-refractivity contribution is 5.80. The summed E-state index contributed by atoms with van der Waals surface area (Å²) in [4.78, 5) is 48.4. The van der Waals surface area contributed by atoms with Gasteiger partial charge in [-0.25, -0.2) is 9.78 Å². The lowest BCUT2D eigenvalue weighted by Crippen LogP contribution is -2.35. The number of amides is 1. The number of hydrogen-bond acceptors (Lipinski definition) is 6. The van der Waals surface area contributed by atoms with Crippen LogP contribution in [0.25, 0.3) is 22.5 Å². The average molecular weight is 582 g/mol. The first-order valence-corrected chi connectivity index (χ1v) is 15.5. The first-order chi connectivity index (χ1) is 20.9. The number of carbonyl (C=O) groups excluding carboxylic acids is 1. The summed E-state index contributed by atoms with van der Waals surface area (Å²) in [5.74, 6) is 1.79. The molecule has 3 heterocycles. The van der Waals surface area contributed by atoms with Gasteiger partial charge in [-0.15, -0.1) is 0 Å². The summed E-state index contributed by atoms with van der Waals surface area (Å²) in [6.45, 7) is 6.00. The standard InChI is InChI=1S/C34H39N5O4/c1-3-4-13-30-35-22(2)29(18-31(40)38-20-25-9-5-6-10-26(25)21-38)33(41)39(30)19-23-14-16-24(17-15-23)27-11-7-8-12-28(27)32-36-34(42)43-37-32/h7-8,11-12,14-17,25-26H,3-6,9-10,13,18-21H2,1-2H3,(H,36,37,42). The number of benzene rings is 2. The number of nitrogens with zero attached hydrogens (tertiary/aromatic N) is 4. The van der Waals surface area contributed by atoms with Crippen LogP contribution in [0.15, 0.2) is 62.6 Å². The van der Waals surface area contributed by atoms with Gasteiger partial charge in [0.25, 0.3) is 5.56 Å². The summed E-state index contributed by atoms with van der Waals surface area (Å²) in [6.07, 6.45) is 7.66. The minimum atomic E-state index is -0.601. The quantitative estimate of drug-likeness (QED) is 0.293. The number of aromatic amines is 1. The van der Waals surface area contributed by atoms with Gasteiger partial charge >= 0.3 is 5.76 Å². The van der Waals surface area contributed by atoms with E-state index in [1.165, 1.54) is 25.7 Å². The molecule has 0 radical (unpaired) electrons. The van der Waals surface area contributed by atoms with Crippen molar-refractivity contribution < 1.29 is 9.32 Å². The zero-order chi connectivity index (χ0) is 29.9. The van der Waals surface area contributed by atoms with E-state index in [0.29, 0.717) is 41.9 Å². The Hall–Kier alpha value is -4.27. The molecule has 0 bridgehead atoms. The van der Waals surface area contributed by atoms with Gasteiger partial charge < -0.3 is 4.90 Å². The van der Waals surface area contributed by atoms with E-state index in [4.69, 9.17) is 9.51 Å². The van der Waals surface area contributed by atoms with Crippen molar-refractivity contribution >= 4 is 5.91 Å². The average Bonchev–Trinajstić information content (AvgIpc) is 3.66. The number of H-pyrrole nitrogens is 1. The number of carbonyl (C=O) groups is 1. The maximum atomic E-state index is 14.0. The molecule has 1 aliphatic heterocycles. The molecule has 2 aromatic heterocycles. The van der Waals surface area contributed by atoms with Gasteiger partial charge in [0.05, 0.1) is 13.0 Å². The number of nitrogens with one attached hydrogen (secondary N) is 1. The number of unbranched alkanes of at least 4 members (excludes halogenated alkanes) is 1. The molecule has 2 aromatic carbocycles. The van der Waals surface area contributed by atoms with E-state index in [-0.39, 0.29) is 17.9 Å². The predicted molar refractivity (Wildman–Crippen MR) is 165 cm³/mol. The maximum Gasteiger partial charge on any atom is 0.439 e. The van der Waals surface area contributed by atoms with Crippen LogP contribution in [-0.2, 0) is 24.2 Å².